The lowest BCUT2D eigenvalue weighted by molar-refractivity contribution is 0.0111. The van der Waals surface area contributed by atoms with Crippen molar-refractivity contribution in [2.75, 3.05) is 7.11 Å². The Hall–Kier alpha value is -0.540. The van der Waals surface area contributed by atoms with Crippen molar-refractivity contribution < 1.29 is 9.84 Å². The minimum absolute atomic E-state index is 0.0577. The Kier molecular flexibility index (Phi) is 5.14. The molecule has 0 amide bonds. The van der Waals surface area contributed by atoms with Crippen LogP contribution in [0.4, 0.5) is 0 Å². The predicted octanol–water partition coefficient (Wildman–Crippen LogP) is 5.10. The molecular weight excluding hydrogens is 316 g/mol. The first-order valence-corrected chi connectivity index (χ1v) is 8.29. The Labute approximate surface area is 130 Å². The van der Waals surface area contributed by atoms with E-state index in [1.807, 2.05) is 18.2 Å². The first-order chi connectivity index (χ1) is 9.48. The summed E-state index contributed by atoms with van der Waals surface area (Å²) in [5.41, 5.74) is 1.06. The molecule has 1 fully saturated rings. The number of rotatable bonds is 5. The van der Waals surface area contributed by atoms with E-state index in [1.165, 1.54) is 12.8 Å². The van der Waals surface area contributed by atoms with E-state index in [4.69, 9.17) is 4.74 Å². The van der Waals surface area contributed by atoms with Gasteiger partial charge in [-0.1, -0.05) is 32.8 Å². The van der Waals surface area contributed by atoms with E-state index in [9.17, 15) is 5.11 Å². The zero-order chi connectivity index (χ0) is 14.8. The van der Waals surface area contributed by atoms with Gasteiger partial charge in [0.1, 0.15) is 5.75 Å². The third kappa shape index (κ3) is 3.20. The number of methoxy groups -OCH3 is 1. The second-order valence-corrected chi connectivity index (χ2v) is 7.32. The van der Waals surface area contributed by atoms with Crippen LogP contribution in [0.1, 0.15) is 57.6 Å². The number of benzene rings is 1. The van der Waals surface area contributed by atoms with Crippen LogP contribution in [0.5, 0.6) is 5.75 Å². The summed E-state index contributed by atoms with van der Waals surface area (Å²) >= 11 is 3.52. The maximum Gasteiger partial charge on any atom is 0.133 e. The average molecular weight is 341 g/mol. The van der Waals surface area contributed by atoms with Crippen molar-refractivity contribution in [2.24, 2.45) is 11.3 Å². The molecule has 112 valence electrons. The summed E-state index contributed by atoms with van der Waals surface area (Å²) in [5, 5.41) is 10.9. The van der Waals surface area contributed by atoms with E-state index in [0.29, 0.717) is 5.92 Å². The van der Waals surface area contributed by atoms with Gasteiger partial charge in [0.2, 0.25) is 0 Å². The van der Waals surface area contributed by atoms with Crippen LogP contribution in [0.15, 0.2) is 22.7 Å². The first kappa shape index (κ1) is 15.8. The molecule has 0 saturated heterocycles. The molecule has 0 radical (unpaired) electrons. The standard InChI is InChI=1S/C17H25BrO2/c1-12(2)11-17(8-4-5-9-17)16(19)13-6-7-15(20-3)14(18)10-13/h6-7,10,12,16,19H,4-5,8-9,11H2,1-3H3. The van der Waals surface area contributed by atoms with Gasteiger partial charge in [-0.25, -0.2) is 0 Å². The molecule has 0 aromatic heterocycles. The van der Waals surface area contributed by atoms with Gasteiger partial charge in [-0.2, -0.15) is 0 Å². The molecule has 2 rings (SSSR count). The number of aliphatic hydroxyl groups excluding tert-OH is 1. The van der Waals surface area contributed by atoms with Gasteiger partial charge in [-0.15, -0.1) is 0 Å². The molecule has 1 aromatic rings. The lowest BCUT2D eigenvalue weighted by Gasteiger charge is -2.36. The van der Waals surface area contributed by atoms with Gasteiger partial charge >= 0.3 is 0 Å². The number of ether oxygens (including phenoxy) is 1. The average Bonchev–Trinajstić information content (AvgIpc) is 2.86. The van der Waals surface area contributed by atoms with Crippen LogP contribution < -0.4 is 4.74 Å². The molecule has 1 aliphatic rings. The van der Waals surface area contributed by atoms with Crippen LogP contribution in [0, 0.1) is 11.3 Å². The molecule has 1 aliphatic carbocycles. The topological polar surface area (TPSA) is 29.5 Å². The normalized spacial score (nSPS) is 19.3. The Morgan fingerprint density at radius 2 is 1.95 bits per heavy atom. The summed E-state index contributed by atoms with van der Waals surface area (Å²) in [6.07, 6.45) is 5.46. The Morgan fingerprint density at radius 3 is 2.45 bits per heavy atom. The summed E-state index contributed by atoms with van der Waals surface area (Å²) in [5.74, 6) is 1.43. The third-order valence-corrected chi connectivity index (χ3v) is 5.11. The largest absolute Gasteiger partial charge is 0.496 e. The molecular formula is C17H25BrO2. The SMILES string of the molecule is COc1ccc(C(O)C2(CC(C)C)CCCC2)cc1Br. The van der Waals surface area contributed by atoms with Crippen molar-refractivity contribution in [1.82, 2.24) is 0 Å². The van der Waals surface area contributed by atoms with Crippen molar-refractivity contribution in [3.63, 3.8) is 0 Å². The number of hydrogen-bond donors (Lipinski definition) is 1. The van der Waals surface area contributed by atoms with Gasteiger partial charge in [0.15, 0.2) is 0 Å². The first-order valence-electron chi connectivity index (χ1n) is 7.50. The summed E-state index contributed by atoms with van der Waals surface area (Å²) < 4.78 is 6.18. The van der Waals surface area contributed by atoms with Crippen molar-refractivity contribution in [2.45, 2.75) is 52.1 Å². The van der Waals surface area contributed by atoms with Gasteiger partial charge < -0.3 is 9.84 Å². The fourth-order valence-corrected chi connectivity index (χ4v) is 4.25. The summed E-state index contributed by atoms with van der Waals surface area (Å²) in [7, 11) is 1.66. The van der Waals surface area contributed by atoms with Crippen LogP contribution in [0.25, 0.3) is 0 Å². The zero-order valence-corrected chi connectivity index (χ0v) is 14.2. The Morgan fingerprint density at radius 1 is 1.30 bits per heavy atom. The monoisotopic (exact) mass is 340 g/mol. The highest BCUT2D eigenvalue weighted by Gasteiger charge is 2.41. The van der Waals surface area contributed by atoms with Crippen LogP contribution in [0.3, 0.4) is 0 Å². The molecule has 1 N–H and O–H groups in total. The van der Waals surface area contributed by atoms with Crippen molar-refractivity contribution >= 4 is 15.9 Å². The summed E-state index contributed by atoms with van der Waals surface area (Å²) in [6, 6.07) is 5.93. The van der Waals surface area contributed by atoms with E-state index in [2.05, 4.69) is 29.8 Å². The molecule has 0 bridgehead atoms. The number of halogens is 1. The van der Waals surface area contributed by atoms with Crippen LogP contribution in [-0.4, -0.2) is 12.2 Å². The van der Waals surface area contributed by atoms with Gasteiger partial charge in [-0.3, -0.25) is 0 Å². The van der Waals surface area contributed by atoms with E-state index in [-0.39, 0.29) is 11.5 Å². The second-order valence-electron chi connectivity index (χ2n) is 6.46. The predicted molar refractivity (Wildman–Crippen MR) is 86.0 cm³/mol. The third-order valence-electron chi connectivity index (χ3n) is 4.49. The van der Waals surface area contributed by atoms with Crippen molar-refractivity contribution in [1.29, 1.82) is 0 Å². The molecule has 2 nitrogen and oxygen atoms in total. The lowest BCUT2D eigenvalue weighted by atomic mass is 9.72. The molecule has 0 heterocycles. The van der Waals surface area contributed by atoms with Crippen LogP contribution in [-0.2, 0) is 0 Å². The van der Waals surface area contributed by atoms with Crippen molar-refractivity contribution in [3.05, 3.63) is 28.2 Å². The second kappa shape index (κ2) is 6.48. The highest BCUT2D eigenvalue weighted by molar-refractivity contribution is 9.10. The maximum atomic E-state index is 10.9. The highest BCUT2D eigenvalue weighted by Crippen LogP contribution is 2.52. The van der Waals surface area contributed by atoms with Crippen molar-refractivity contribution in [3.8, 4) is 5.75 Å². The van der Waals surface area contributed by atoms with E-state index in [0.717, 1.165) is 35.0 Å². The number of aliphatic hydroxyl groups is 1. The Balaban J connectivity index is 2.27. The summed E-state index contributed by atoms with van der Waals surface area (Å²) in [4.78, 5) is 0. The minimum atomic E-state index is -0.380. The Bertz CT molecular complexity index is 450. The van der Waals surface area contributed by atoms with E-state index < -0.39 is 0 Å². The molecule has 3 heteroatoms. The number of hydrogen-bond acceptors (Lipinski definition) is 2. The van der Waals surface area contributed by atoms with Crippen LogP contribution >= 0.6 is 15.9 Å². The van der Waals surface area contributed by atoms with Gasteiger partial charge in [0, 0.05) is 5.41 Å². The maximum absolute atomic E-state index is 10.9. The smallest absolute Gasteiger partial charge is 0.133 e. The molecule has 20 heavy (non-hydrogen) atoms. The fraction of sp³-hybridized carbons (Fsp3) is 0.647. The zero-order valence-electron chi connectivity index (χ0n) is 12.7. The van der Waals surface area contributed by atoms with E-state index in [1.54, 1.807) is 7.11 Å². The highest BCUT2D eigenvalue weighted by atomic mass is 79.9. The minimum Gasteiger partial charge on any atom is -0.496 e. The molecule has 0 spiro atoms. The van der Waals surface area contributed by atoms with Crippen LogP contribution in [0.2, 0.25) is 0 Å². The fourth-order valence-electron chi connectivity index (χ4n) is 3.69. The quantitative estimate of drug-likeness (QED) is 0.808. The van der Waals surface area contributed by atoms with Gasteiger partial charge in [0.25, 0.3) is 0 Å². The molecule has 1 aromatic carbocycles. The molecule has 1 atom stereocenters. The molecule has 0 aliphatic heterocycles. The molecule has 1 saturated carbocycles. The summed E-state index contributed by atoms with van der Waals surface area (Å²) in [6.45, 7) is 4.49. The van der Waals surface area contributed by atoms with Gasteiger partial charge in [0.05, 0.1) is 17.7 Å². The van der Waals surface area contributed by atoms with Gasteiger partial charge in [-0.05, 0) is 58.8 Å². The molecule has 1 unspecified atom stereocenters. The lowest BCUT2D eigenvalue weighted by Crippen LogP contribution is -2.27. The van der Waals surface area contributed by atoms with E-state index >= 15 is 0 Å².